The van der Waals surface area contributed by atoms with Gasteiger partial charge in [0.2, 0.25) is 5.91 Å². The van der Waals surface area contributed by atoms with E-state index in [0.29, 0.717) is 36.2 Å². The molecule has 0 spiro atoms. The fourth-order valence-electron chi connectivity index (χ4n) is 4.61. The summed E-state index contributed by atoms with van der Waals surface area (Å²) in [7, 11) is 0. The molecule has 1 aromatic heterocycles. The minimum Gasteiger partial charge on any atom is -0.491 e. The number of hydrogen-bond donors (Lipinski definition) is 0. The zero-order chi connectivity index (χ0) is 24.4. The zero-order valence-corrected chi connectivity index (χ0v) is 21.4. The van der Waals surface area contributed by atoms with E-state index in [9.17, 15) is 9.59 Å². The summed E-state index contributed by atoms with van der Waals surface area (Å²) in [4.78, 5) is 31.8. The van der Waals surface area contributed by atoms with Crippen LogP contribution in [0.4, 0.5) is 0 Å². The van der Waals surface area contributed by atoms with Gasteiger partial charge in [-0.15, -0.1) is 11.3 Å². The summed E-state index contributed by atoms with van der Waals surface area (Å²) in [5.74, 6) is 1.11. The van der Waals surface area contributed by atoms with E-state index in [1.807, 2.05) is 60.4 Å². The molecule has 3 aromatic rings. The first-order valence-electron chi connectivity index (χ1n) is 12.1. The van der Waals surface area contributed by atoms with Gasteiger partial charge in [0.15, 0.2) is 0 Å². The van der Waals surface area contributed by atoms with Gasteiger partial charge in [0.1, 0.15) is 18.9 Å². The lowest BCUT2D eigenvalue weighted by atomic mass is 10.00. The highest BCUT2D eigenvalue weighted by atomic mass is 35.5. The SMILES string of the molecule is Cc1cc(OC[C@H]2c3ccsc3CCN2C(=O)CN(CC2CC2)C(=O)c2ccccc2)ccc1Cl. The molecule has 2 aromatic carbocycles. The van der Waals surface area contributed by atoms with Gasteiger partial charge >= 0.3 is 0 Å². The number of benzene rings is 2. The molecule has 2 amide bonds. The second-order valence-corrected chi connectivity index (χ2v) is 10.8. The Morgan fingerprint density at radius 1 is 1.14 bits per heavy atom. The lowest BCUT2D eigenvalue weighted by Gasteiger charge is -2.37. The molecule has 0 bridgehead atoms. The maximum absolute atomic E-state index is 13.7. The van der Waals surface area contributed by atoms with Crippen molar-refractivity contribution >= 4 is 34.8 Å². The van der Waals surface area contributed by atoms with Gasteiger partial charge in [-0.3, -0.25) is 9.59 Å². The van der Waals surface area contributed by atoms with Crippen molar-refractivity contribution in [3.8, 4) is 5.75 Å². The third kappa shape index (κ3) is 5.54. The van der Waals surface area contributed by atoms with Crippen molar-refractivity contribution < 1.29 is 14.3 Å². The molecule has 35 heavy (non-hydrogen) atoms. The number of amides is 2. The van der Waals surface area contributed by atoms with Crippen LogP contribution >= 0.6 is 22.9 Å². The minimum absolute atomic E-state index is 0.0346. The standard InChI is InChI=1S/C28H29ClN2O3S/c1-19-15-22(9-10-24(19)29)34-18-25-23-12-14-35-26(23)11-13-31(25)27(32)17-30(16-20-7-8-20)28(33)21-5-3-2-4-6-21/h2-6,9-10,12,14-15,20,25H,7-8,11,13,16-18H2,1H3/t25-/m0/s1. The van der Waals surface area contributed by atoms with Crippen molar-refractivity contribution in [1.29, 1.82) is 0 Å². The predicted octanol–water partition coefficient (Wildman–Crippen LogP) is 5.77. The number of thiophene rings is 1. The summed E-state index contributed by atoms with van der Waals surface area (Å²) in [6.07, 6.45) is 3.06. The van der Waals surface area contributed by atoms with Gasteiger partial charge in [-0.25, -0.2) is 0 Å². The molecular weight excluding hydrogens is 480 g/mol. The smallest absolute Gasteiger partial charge is 0.254 e. The van der Waals surface area contributed by atoms with E-state index < -0.39 is 0 Å². The van der Waals surface area contributed by atoms with Crippen molar-refractivity contribution in [1.82, 2.24) is 9.80 Å². The molecule has 1 aliphatic carbocycles. The monoisotopic (exact) mass is 508 g/mol. The zero-order valence-electron chi connectivity index (χ0n) is 19.8. The number of carbonyl (C=O) groups is 2. The van der Waals surface area contributed by atoms with Gasteiger partial charge in [0, 0.05) is 28.6 Å². The van der Waals surface area contributed by atoms with E-state index in [-0.39, 0.29) is 24.4 Å². The van der Waals surface area contributed by atoms with Crippen LogP contribution < -0.4 is 4.74 Å². The number of aryl methyl sites for hydroxylation is 1. The van der Waals surface area contributed by atoms with Crippen LogP contribution in [-0.2, 0) is 11.2 Å². The summed E-state index contributed by atoms with van der Waals surface area (Å²) < 4.78 is 6.16. The van der Waals surface area contributed by atoms with Crippen LogP contribution in [0, 0.1) is 12.8 Å². The lowest BCUT2D eigenvalue weighted by molar-refractivity contribution is -0.135. The molecule has 5 rings (SSSR count). The lowest BCUT2D eigenvalue weighted by Crippen LogP contribution is -2.48. The van der Waals surface area contributed by atoms with E-state index in [1.54, 1.807) is 16.2 Å². The number of rotatable bonds is 8. The Morgan fingerprint density at radius 2 is 1.94 bits per heavy atom. The highest BCUT2D eigenvalue weighted by Crippen LogP contribution is 2.35. The maximum Gasteiger partial charge on any atom is 0.254 e. The van der Waals surface area contributed by atoms with Crippen LogP contribution in [0.25, 0.3) is 0 Å². The fourth-order valence-corrected chi connectivity index (χ4v) is 5.65. The molecule has 0 radical (unpaired) electrons. The fraction of sp³-hybridized carbons (Fsp3) is 0.357. The number of carbonyl (C=O) groups excluding carboxylic acids is 2. The van der Waals surface area contributed by atoms with Gasteiger partial charge in [-0.2, -0.15) is 0 Å². The first-order chi connectivity index (χ1) is 17.0. The Bertz CT molecular complexity index is 1210. The molecule has 0 saturated heterocycles. The molecule has 1 saturated carbocycles. The Labute approximate surface area is 215 Å². The van der Waals surface area contributed by atoms with Gasteiger partial charge < -0.3 is 14.5 Å². The highest BCUT2D eigenvalue weighted by molar-refractivity contribution is 7.10. The van der Waals surface area contributed by atoms with E-state index >= 15 is 0 Å². The third-order valence-electron chi connectivity index (χ3n) is 6.76. The average molecular weight is 509 g/mol. The number of fused-ring (bicyclic) bond motifs is 1. The topological polar surface area (TPSA) is 49.9 Å². The number of halogens is 1. The third-order valence-corrected chi connectivity index (χ3v) is 8.18. The average Bonchev–Trinajstić information content (AvgIpc) is 3.56. The predicted molar refractivity (Wildman–Crippen MR) is 139 cm³/mol. The van der Waals surface area contributed by atoms with Crippen LogP contribution in [0.1, 0.15) is 45.2 Å². The van der Waals surface area contributed by atoms with Crippen molar-refractivity contribution in [3.63, 3.8) is 0 Å². The van der Waals surface area contributed by atoms with Gasteiger partial charge in [0.25, 0.3) is 5.91 Å². The summed E-state index contributed by atoms with van der Waals surface area (Å²) in [6, 6.07) is 16.8. The molecule has 1 fully saturated rings. The van der Waals surface area contributed by atoms with Crippen LogP contribution in [0.15, 0.2) is 60.0 Å². The summed E-state index contributed by atoms with van der Waals surface area (Å²) in [5.41, 5.74) is 2.72. The van der Waals surface area contributed by atoms with Crippen molar-refractivity contribution in [2.75, 3.05) is 26.2 Å². The first kappa shape index (κ1) is 23.9. The quantitative estimate of drug-likeness (QED) is 0.388. The molecule has 5 nitrogen and oxygen atoms in total. The normalized spacial score (nSPS) is 17.1. The number of hydrogen-bond acceptors (Lipinski definition) is 4. The van der Waals surface area contributed by atoms with Crippen LogP contribution in [0.2, 0.25) is 5.02 Å². The molecular formula is C28H29ClN2O3S. The van der Waals surface area contributed by atoms with E-state index in [2.05, 4.69) is 11.4 Å². The summed E-state index contributed by atoms with van der Waals surface area (Å²) >= 11 is 7.89. The van der Waals surface area contributed by atoms with Gasteiger partial charge in [-0.05, 0) is 85.0 Å². The largest absolute Gasteiger partial charge is 0.491 e. The molecule has 1 aliphatic heterocycles. The first-order valence-corrected chi connectivity index (χ1v) is 13.3. The molecule has 182 valence electrons. The van der Waals surface area contributed by atoms with Crippen LogP contribution in [0.5, 0.6) is 5.75 Å². The van der Waals surface area contributed by atoms with Crippen molar-refractivity contribution in [3.05, 3.63) is 86.6 Å². The van der Waals surface area contributed by atoms with E-state index in [4.69, 9.17) is 16.3 Å². The van der Waals surface area contributed by atoms with Gasteiger partial charge in [-0.1, -0.05) is 29.8 Å². The van der Waals surface area contributed by atoms with E-state index in [1.165, 1.54) is 4.88 Å². The number of nitrogens with zero attached hydrogens (tertiary/aromatic N) is 2. The molecule has 1 atom stereocenters. The van der Waals surface area contributed by atoms with Crippen LogP contribution in [0.3, 0.4) is 0 Å². The molecule has 2 heterocycles. The summed E-state index contributed by atoms with van der Waals surface area (Å²) in [5, 5.41) is 2.78. The Balaban J connectivity index is 1.34. The van der Waals surface area contributed by atoms with Crippen molar-refractivity contribution in [2.45, 2.75) is 32.2 Å². The minimum atomic E-state index is -0.192. The molecule has 0 N–H and O–H groups in total. The van der Waals surface area contributed by atoms with E-state index in [0.717, 1.165) is 36.1 Å². The Hall–Kier alpha value is -2.83. The second kappa shape index (κ2) is 10.4. The van der Waals surface area contributed by atoms with Gasteiger partial charge in [0.05, 0.1) is 6.04 Å². The molecule has 2 aliphatic rings. The maximum atomic E-state index is 13.7. The number of ether oxygens (including phenoxy) is 1. The van der Waals surface area contributed by atoms with Crippen molar-refractivity contribution in [2.24, 2.45) is 5.92 Å². The molecule has 0 unspecified atom stereocenters. The second-order valence-electron chi connectivity index (χ2n) is 9.37. The molecule has 7 heteroatoms. The Morgan fingerprint density at radius 3 is 2.69 bits per heavy atom. The highest BCUT2D eigenvalue weighted by Gasteiger charge is 2.35. The van der Waals surface area contributed by atoms with Crippen LogP contribution in [-0.4, -0.2) is 47.9 Å². The summed E-state index contributed by atoms with van der Waals surface area (Å²) in [6.45, 7) is 3.63. The Kier molecular flexibility index (Phi) is 7.12.